The molecule has 4 atom stereocenters. The number of carbonyl (C=O) groups excluding carboxylic acids is 1. The molecule has 14 heavy (non-hydrogen) atoms. The third-order valence-corrected chi connectivity index (χ3v) is 1.58. The number of carboxylic acids is 1. The molecule has 0 saturated heterocycles. The highest BCUT2D eigenvalue weighted by Gasteiger charge is 2.35. The third-order valence-electron chi connectivity index (χ3n) is 1.58. The number of hydrogen-bond acceptors (Lipinski definition) is 6. The lowest BCUT2D eigenvalue weighted by Crippen LogP contribution is -2.49. The van der Waals surface area contributed by atoms with E-state index in [9.17, 15) is 9.59 Å². The normalized spacial score (nSPS) is 20.4. The largest absolute Gasteiger partial charge is 0.479 e. The Balaban J connectivity index is 4.49. The average Bonchev–Trinajstić information content (AvgIpc) is 2.23. The minimum Gasteiger partial charge on any atom is -0.479 e. The van der Waals surface area contributed by atoms with Gasteiger partial charge in [0.15, 0.2) is 11.9 Å². The van der Waals surface area contributed by atoms with E-state index in [2.05, 4.69) is 0 Å². The zero-order chi connectivity index (χ0) is 12.2. The van der Waals surface area contributed by atoms with Crippen molar-refractivity contribution in [3.63, 3.8) is 0 Å². The molecule has 0 aromatic carbocycles. The van der Waals surface area contributed by atoms with Crippen molar-refractivity contribution in [1.29, 1.82) is 0 Å². The van der Waals surface area contributed by atoms with Crippen molar-refractivity contribution in [2.45, 2.75) is 31.3 Å². The molecule has 0 spiro atoms. The van der Waals surface area contributed by atoms with Gasteiger partial charge in [0.2, 0.25) is 0 Å². The monoisotopic (exact) mass is 209 g/mol. The highest BCUT2D eigenvalue weighted by molar-refractivity contribution is 5.81. The van der Waals surface area contributed by atoms with E-state index in [0.29, 0.717) is 0 Å². The van der Waals surface area contributed by atoms with Gasteiger partial charge in [0.05, 0.1) is 0 Å². The van der Waals surface area contributed by atoms with Crippen LogP contribution in [0.15, 0.2) is 0 Å². The third kappa shape index (κ3) is 3.04. The Labute approximate surface area is 80.6 Å². The van der Waals surface area contributed by atoms with Gasteiger partial charge in [-0.05, 0) is 6.90 Å². The van der Waals surface area contributed by atoms with Crippen LogP contribution in [-0.2, 0) is 9.59 Å². The maximum Gasteiger partial charge on any atom is 0.335 e. The molecule has 0 aromatic heterocycles. The summed E-state index contributed by atoms with van der Waals surface area (Å²) in [5.41, 5.74) is 0. The van der Waals surface area contributed by atoms with Crippen LogP contribution in [0.2, 0.25) is 0 Å². The minimum atomic E-state index is -2.31. The van der Waals surface area contributed by atoms with Crippen molar-refractivity contribution in [3.05, 3.63) is 0 Å². The first kappa shape index (κ1) is 11.1. The summed E-state index contributed by atoms with van der Waals surface area (Å²) < 4.78 is 6.58. The number of aliphatic hydroxyl groups excluding tert-OH is 4. The number of Topliss-reactive ketones (excluding diaryl/α,β-unsaturated/α-hetero) is 1. The highest BCUT2D eigenvalue weighted by atomic mass is 16.4. The molecule has 0 heterocycles. The molecule has 0 bridgehead atoms. The summed E-state index contributed by atoms with van der Waals surface area (Å²) in [5.74, 6) is -2.88. The molecule has 0 unspecified atom stereocenters. The Morgan fingerprint density at radius 2 is 1.50 bits per heavy atom. The zero-order valence-electron chi connectivity index (χ0n) is 8.07. The molecule has 82 valence electrons. The predicted molar refractivity (Wildman–Crippen MR) is 42.3 cm³/mol. The summed E-state index contributed by atoms with van der Waals surface area (Å²) in [6.07, 6.45) is -8.75. The molecular weight excluding hydrogens is 196 g/mol. The van der Waals surface area contributed by atoms with E-state index in [1.54, 1.807) is 0 Å². The van der Waals surface area contributed by atoms with Gasteiger partial charge in [-0.25, -0.2) is 4.79 Å². The standard InChI is InChI=1S/C7H12O7/c1-2(8)3(9)4(10)5(11)6(12)7(13)14/h3-6,9-12H,1H3,(H,13,14)/t3-,4+,5-,6-/m0/s1/i1D. The van der Waals surface area contributed by atoms with Gasteiger partial charge in [0, 0.05) is 1.37 Å². The van der Waals surface area contributed by atoms with Crippen molar-refractivity contribution >= 4 is 11.8 Å². The molecular formula is C7H12O7. The lowest BCUT2D eigenvalue weighted by molar-refractivity contribution is -0.165. The first-order chi connectivity index (χ1) is 6.82. The van der Waals surface area contributed by atoms with Gasteiger partial charge in [0.25, 0.3) is 0 Å². The molecule has 0 aromatic rings. The number of ketones is 1. The van der Waals surface area contributed by atoms with Crippen LogP contribution in [0.3, 0.4) is 0 Å². The molecule has 0 saturated carbocycles. The van der Waals surface area contributed by atoms with E-state index in [4.69, 9.17) is 26.9 Å². The molecule has 0 fully saturated rings. The Morgan fingerprint density at radius 1 is 1.07 bits per heavy atom. The maximum absolute atomic E-state index is 10.7. The number of aliphatic hydroxyl groups is 4. The van der Waals surface area contributed by atoms with E-state index >= 15 is 0 Å². The molecule has 0 rings (SSSR count). The van der Waals surface area contributed by atoms with Crippen molar-refractivity contribution < 1.29 is 36.5 Å². The number of carbonyl (C=O) groups is 2. The fourth-order valence-electron chi connectivity index (χ4n) is 0.710. The summed E-state index contributed by atoms with van der Waals surface area (Å²) in [6.45, 7) is -0.825. The highest BCUT2D eigenvalue weighted by Crippen LogP contribution is 2.06. The lowest BCUT2D eigenvalue weighted by Gasteiger charge is -2.22. The maximum atomic E-state index is 10.7. The van der Waals surface area contributed by atoms with Gasteiger partial charge in [-0.15, -0.1) is 0 Å². The Morgan fingerprint density at radius 3 is 1.86 bits per heavy atom. The molecule has 0 amide bonds. The Bertz CT molecular complexity index is 243. The predicted octanol–water partition coefficient (Wildman–Crippen LogP) is -2.90. The molecule has 7 nitrogen and oxygen atoms in total. The van der Waals surface area contributed by atoms with E-state index in [1.165, 1.54) is 0 Å². The quantitative estimate of drug-likeness (QED) is 0.328. The lowest BCUT2D eigenvalue weighted by atomic mass is 10.0. The van der Waals surface area contributed by atoms with Gasteiger partial charge in [-0.3, -0.25) is 4.79 Å². The smallest absolute Gasteiger partial charge is 0.335 e. The van der Waals surface area contributed by atoms with Crippen LogP contribution in [0.1, 0.15) is 8.27 Å². The average molecular weight is 209 g/mol. The van der Waals surface area contributed by atoms with Crippen molar-refractivity contribution in [2.24, 2.45) is 0 Å². The summed E-state index contributed by atoms with van der Waals surface area (Å²) in [7, 11) is 0. The molecule has 0 aliphatic carbocycles. The number of aliphatic carboxylic acids is 1. The van der Waals surface area contributed by atoms with Crippen LogP contribution in [0.5, 0.6) is 0 Å². The van der Waals surface area contributed by atoms with E-state index in [1.807, 2.05) is 0 Å². The molecule has 0 aliphatic heterocycles. The van der Waals surface area contributed by atoms with Crippen LogP contribution < -0.4 is 0 Å². The summed E-state index contributed by atoms with van der Waals surface area (Å²) >= 11 is 0. The summed E-state index contributed by atoms with van der Waals surface area (Å²) in [5, 5.41) is 44.1. The minimum absolute atomic E-state index is 0.825. The van der Waals surface area contributed by atoms with Gasteiger partial charge in [0.1, 0.15) is 18.3 Å². The van der Waals surface area contributed by atoms with E-state index < -0.39 is 43.1 Å². The molecule has 0 aliphatic rings. The van der Waals surface area contributed by atoms with Gasteiger partial charge in [-0.1, -0.05) is 0 Å². The van der Waals surface area contributed by atoms with Crippen molar-refractivity contribution in [1.82, 2.24) is 0 Å². The van der Waals surface area contributed by atoms with Crippen LogP contribution >= 0.6 is 0 Å². The van der Waals surface area contributed by atoms with Gasteiger partial charge < -0.3 is 25.5 Å². The number of hydrogen-bond donors (Lipinski definition) is 5. The second-order valence-corrected chi connectivity index (χ2v) is 2.68. The molecule has 0 radical (unpaired) electrons. The number of carboxylic acid groups (broad SMARTS) is 1. The fourth-order valence-corrected chi connectivity index (χ4v) is 0.710. The molecule has 5 N–H and O–H groups in total. The fraction of sp³-hybridized carbons (Fsp3) is 0.714. The second-order valence-electron chi connectivity index (χ2n) is 2.68. The van der Waals surface area contributed by atoms with Crippen LogP contribution in [-0.4, -0.2) is 61.7 Å². The van der Waals surface area contributed by atoms with Crippen molar-refractivity contribution in [2.75, 3.05) is 0 Å². The SMILES string of the molecule is [2H]CC(=O)[C@H](O)[C@@H](O)[C@H](O)[C@H](O)C(=O)O. The topological polar surface area (TPSA) is 135 Å². The molecule has 7 heteroatoms. The zero-order valence-corrected chi connectivity index (χ0v) is 7.07. The number of rotatable bonds is 5. The van der Waals surface area contributed by atoms with Crippen LogP contribution in [0.4, 0.5) is 0 Å². The summed E-state index contributed by atoms with van der Waals surface area (Å²) in [6, 6.07) is 0. The van der Waals surface area contributed by atoms with Gasteiger partial charge in [-0.2, -0.15) is 0 Å². The first-order valence-electron chi connectivity index (χ1n) is 4.30. The van der Waals surface area contributed by atoms with Crippen LogP contribution in [0.25, 0.3) is 0 Å². The van der Waals surface area contributed by atoms with E-state index in [0.717, 1.165) is 0 Å². The van der Waals surface area contributed by atoms with Crippen molar-refractivity contribution in [3.8, 4) is 0 Å². The summed E-state index contributed by atoms with van der Waals surface area (Å²) in [4.78, 5) is 20.9. The van der Waals surface area contributed by atoms with E-state index in [-0.39, 0.29) is 0 Å². The second kappa shape index (κ2) is 5.01. The van der Waals surface area contributed by atoms with Crippen LogP contribution in [0, 0.1) is 0 Å². The first-order valence-corrected chi connectivity index (χ1v) is 3.60. The Kier molecular flexibility index (Phi) is 3.96. The van der Waals surface area contributed by atoms with Gasteiger partial charge >= 0.3 is 5.97 Å². The Hall–Kier alpha value is -1.02.